The highest BCUT2D eigenvalue weighted by Gasteiger charge is 2.45. The van der Waals surface area contributed by atoms with Gasteiger partial charge in [0, 0.05) is 24.2 Å². The number of aromatic nitrogens is 1. The van der Waals surface area contributed by atoms with Gasteiger partial charge in [-0.15, -0.1) is 0 Å². The van der Waals surface area contributed by atoms with Gasteiger partial charge in [-0.3, -0.25) is 0 Å². The molecule has 1 spiro atoms. The molecule has 0 bridgehead atoms. The van der Waals surface area contributed by atoms with Crippen molar-refractivity contribution in [3.05, 3.63) is 23.9 Å². The molecule has 0 amide bonds. The van der Waals surface area contributed by atoms with E-state index < -0.39 is 0 Å². The van der Waals surface area contributed by atoms with Crippen molar-refractivity contribution < 1.29 is 4.74 Å². The highest BCUT2D eigenvalue weighted by molar-refractivity contribution is 5.32. The fourth-order valence-corrected chi connectivity index (χ4v) is 2.41. The molecule has 2 N–H and O–H groups in total. The topological polar surface area (TPSA) is 48.1 Å². The van der Waals surface area contributed by atoms with Crippen LogP contribution in [0, 0.1) is 0 Å². The van der Waals surface area contributed by atoms with Crippen LogP contribution < -0.4 is 10.5 Å². The summed E-state index contributed by atoms with van der Waals surface area (Å²) in [6.07, 6.45) is 6.25. The van der Waals surface area contributed by atoms with Crippen LogP contribution in [0.3, 0.4) is 0 Å². The van der Waals surface area contributed by atoms with E-state index in [1.54, 1.807) is 6.20 Å². The number of fused-ring (bicyclic) bond motifs is 1. The van der Waals surface area contributed by atoms with Gasteiger partial charge in [-0.1, -0.05) is 6.07 Å². The quantitative estimate of drug-likeness (QED) is 0.678. The van der Waals surface area contributed by atoms with E-state index in [-0.39, 0.29) is 11.6 Å². The van der Waals surface area contributed by atoms with Gasteiger partial charge in [-0.05, 0) is 25.3 Å². The predicted octanol–water partition coefficient (Wildman–Crippen LogP) is 1.79. The Morgan fingerprint density at radius 1 is 1.50 bits per heavy atom. The van der Waals surface area contributed by atoms with Crippen LogP contribution in [0.15, 0.2) is 18.3 Å². The molecule has 1 aliphatic carbocycles. The van der Waals surface area contributed by atoms with Crippen molar-refractivity contribution in [2.24, 2.45) is 5.73 Å². The lowest BCUT2D eigenvalue weighted by atomic mass is 9.73. The highest BCUT2D eigenvalue weighted by Crippen LogP contribution is 2.46. The number of hydrogen-bond acceptors (Lipinski definition) is 3. The molecule has 14 heavy (non-hydrogen) atoms. The van der Waals surface area contributed by atoms with Gasteiger partial charge < -0.3 is 10.5 Å². The minimum absolute atomic E-state index is 0.0285. The van der Waals surface area contributed by atoms with Crippen molar-refractivity contribution in [3.8, 4) is 5.88 Å². The molecule has 3 nitrogen and oxygen atoms in total. The molecule has 1 atom stereocenters. The molecule has 3 rings (SSSR count). The van der Waals surface area contributed by atoms with Crippen molar-refractivity contribution in [2.75, 3.05) is 0 Å². The maximum Gasteiger partial charge on any atom is 0.218 e. The average Bonchev–Trinajstić information content (AvgIpc) is 2.15. The van der Waals surface area contributed by atoms with Crippen molar-refractivity contribution in [1.82, 2.24) is 4.98 Å². The van der Waals surface area contributed by atoms with Crippen LogP contribution in [-0.4, -0.2) is 10.6 Å². The number of rotatable bonds is 0. The smallest absolute Gasteiger partial charge is 0.218 e. The van der Waals surface area contributed by atoms with Crippen molar-refractivity contribution in [2.45, 2.75) is 37.3 Å². The van der Waals surface area contributed by atoms with Crippen molar-refractivity contribution in [3.63, 3.8) is 0 Å². The third kappa shape index (κ3) is 1.05. The average molecular weight is 190 g/mol. The molecule has 1 aromatic heterocycles. The second kappa shape index (κ2) is 2.70. The zero-order chi connectivity index (χ0) is 9.60. The Bertz CT molecular complexity index is 360. The Balaban J connectivity index is 2.00. The summed E-state index contributed by atoms with van der Waals surface area (Å²) in [5.74, 6) is 0.756. The van der Waals surface area contributed by atoms with E-state index in [2.05, 4.69) is 4.98 Å². The molecular weight excluding hydrogens is 176 g/mol. The van der Waals surface area contributed by atoms with Gasteiger partial charge in [0.2, 0.25) is 5.88 Å². The first kappa shape index (κ1) is 8.24. The molecule has 2 heterocycles. The van der Waals surface area contributed by atoms with Crippen LogP contribution in [0.1, 0.15) is 37.3 Å². The normalized spacial score (nSPS) is 27.6. The summed E-state index contributed by atoms with van der Waals surface area (Å²) in [6, 6.07) is 4.03. The zero-order valence-electron chi connectivity index (χ0n) is 8.07. The largest absolute Gasteiger partial charge is 0.471 e. The second-order valence-corrected chi connectivity index (χ2v) is 4.35. The molecule has 1 aliphatic heterocycles. The van der Waals surface area contributed by atoms with E-state index in [0.717, 1.165) is 30.7 Å². The molecule has 0 radical (unpaired) electrons. The maximum absolute atomic E-state index is 6.11. The molecule has 74 valence electrons. The number of pyridine rings is 1. The Morgan fingerprint density at radius 3 is 3.07 bits per heavy atom. The van der Waals surface area contributed by atoms with E-state index >= 15 is 0 Å². The number of nitrogens with zero attached hydrogens (tertiary/aromatic N) is 1. The zero-order valence-corrected chi connectivity index (χ0v) is 8.07. The van der Waals surface area contributed by atoms with Crippen LogP contribution in [-0.2, 0) is 0 Å². The number of ether oxygens (including phenoxy) is 1. The maximum atomic E-state index is 6.11. The van der Waals surface area contributed by atoms with Crippen molar-refractivity contribution >= 4 is 0 Å². The lowest BCUT2D eigenvalue weighted by Gasteiger charge is -2.46. The van der Waals surface area contributed by atoms with Gasteiger partial charge in [-0.2, -0.15) is 0 Å². The molecular formula is C11H14N2O. The second-order valence-electron chi connectivity index (χ2n) is 4.35. The summed E-state index contributed by atoms with van der Waals surface area (Å²) in [5, 5.41) is 0. The van der Waals surface area contributed by atoms with E-state index in [4.69, 9.17) is 10.5 Å². The van der Waals surface area contributed by atoms with Gasteiger partial charge in [0.25, 0.3) is 0 Å². The molecule has 1 aromatic rings. The Morgan fingerprint density at radius 2 is 2.36 bits per heavy atom. The lowest BCUT2D eigenvalue weighted by Crippen LogP contribution is -2.48. The summed E-state index contributed by atoms with van der Waals surface area (Å²) in [7, 11) is 0. The van der Waals surface area contributed by atoms with Crippen LogP contribution in [0.5, 0.6) is 5.88 Å². The third-order valence-corrected chi connectivity index (χ3v) is 3.37. The standard InChI is InChI=1S/C11H14N2O/c12-9-7-11(4-2-5-11)14-10-8(9)3-1-6-13-10/h1,3,6,9H,2,4-5,7,12H2. The van der Waals surface area contributed by atoms with E-state index in [0.29, 0.717) is 0 Å². The summed E-state index contributed by atoms with van der Waals surface area (Å²) >= 11 is 0. The third-order valence-electron chi connectivity index (χ3n) is 3.37. The molecule has 1 unspecified atom stereocenters. The van der Waals surface area contributed by atoms with Gasteiger partial charge in [0.05, 0.1) is 0 Å². The molecule has 0 saturated heterocycles. The van der Waals surface area contributed by atoms with Crippen molar-refractivity contribution in [1.29, 1.82) is 0 Å². The monoisotopic (exact) mass is 190 g/mol. The Hall–Kier alpha value is -1.09. The molecule has 2 aliphatic rings. The molecule has 1 fully saturated rings. The van der Waals surface area contributed by atoms with Crippen LogP contribution in [0.2, 0.25) is 0 Å². The van der Waals surface area contributed by atoms with E-state index in [1.807, 2.05) is 12.1 Å². The van der Waals surface area contributed by atoms with E-state index in [9.17, 15) is 0 Å². The lowest BCUT2D eigenvalue weighted by molar-refractivity contribution is -0.0368. The molecule has 0 aromatic carbocycles. The molecule has 3 heteroatoms. The Kier molecular flexibility index (Phi) is 1.59. The number of nitrogens with two attached hydrogens (primary N) is 1. The first-order valence-electron chi connectivity index (χ1n) is 5.19. The number of hydrogen-bond donors (Lipinski definition) is 1. The van der Waals surface area contributed by atoms with Crippen LogP contribution >= 0.6 is 0 Å². The minimum atomic E-state index is 0.0285. The van der Waals surface area contributed by atoms with Gasteiger partial charge >= 0.3 is 0 Å². The highest BCUT2D eigenvalue weighted by atomic mass is 16.5. The minimum Gasteiger partial charge on any atom is -0.471 e. The first-order valence-corrected chi connectivity index (χ1v) is 5.19. The predicted molar refractivity (Wildman–Crippen MR) is 53.0 cm³/mol. The van der Waals surface area contributed by atoms with Crippen LogP contribution in [0.4, 0.5) is 0 Å². The van der Waals surface area contributed by atoms with Gasteiger partial charge in [0.15, 0.2) is 0 Å². The summed E-state index contributed by atoms with van der Waals surface area (Å²) in [5.41, 5.74) is 7.20. The Labute approximate surface area is 83.3 Å². The summed E-state index contributed by atoms with van der Waals surface area (Å²) in [6.45, 7) is 0. The molecule has 1 saturated carbocycles. The summed E-state index contributed by atoms with van der Waals surface area (Å²) < 4.78 is 5.93. The fraction of sp³-hybridized carbons (Fsp3) is 0.545. The van der Waals surface area contributed by atoms with Gasteiger partial charge in [0.1, 0.15) is 5.60 Å². The van der Waals surface area contributed by atoms with E-state index in [1.165, 1.54) is 6.42 Å². The summed E-state index contributed by atoms with van der Waals surface area (Å²) in [4.78, 5) is 4.24. The van der Waals surface area contributed by atoms with Crippen LogP contribution in [0.25, 0.3) is 0 Å². The van der Waals surface area contributed by atoms with Gasteiger partial charge in [-0.25, -0.2) is 4.98 Å². The first-order chi connectivity index (χ1) is 6.79. The SMILES string of the molecule is NC1CC2(CCC2)Oc2ncccc21. The fourth-order valence-electron chi connectivity index (χ4n) is 2.41.